The van der Waals surface area contributed by atoms with Gasteiger partial charge in [-0.2, -0.15) is 5.26 Å². The summed E-state index contributed by atoms with van der Waals surface area (Å²) in [5.41, 5.74) is 7.03. The van der Waals surface area contributed by atoms with Crippen LogP contribution in [0.15, 0.2) is 35.5 Å². The maximum atomic E-state index is 8.88. The molecule has 0 heterocycles. The van der Waals surface area contributed by atoms with Gasteiger partial charge in [0.1, 0.15) is 0 Å². The van der Waals surface area contributed by atoms with Crippen molar-refractivity contribution in [1.29, 1.82) is 5.26 Å². The molecular weight excluding hydrogens is 350 g/mol. The molecule has 0 amide bonds. The number of rotatable bonds is 5. The van der Waals surface area contributed by atoms with Gasteiger partial charge in [0.05, 0.1) is 12.5 Å². The van der Waals surface area contributed by atoms with E-state index in [2.05, 4.69) is 33.4 Å². The summed E-state index contributed by atoms with van der Waals surface area (Å²) in [5, 5.41) is 8.88. The Bertz CT molecular complexity index is 764. The van der Waals surface area contributed by atoms with E-state index in [1.807, 2.05) is 5.57 Å². The minimum atomic E-state index is 0.401. The van der Waals surface area contributed by atoms with Crippen molar-refractivity contribution >= 4 is 0 Å². The molecule has 6 unspecified atom stereocenters. The van der Waals surface area contributed by atoms with Gasteiger partial charge in [-0.05, 0) is 97.9 Å². The van der Waals surface area contributed by atoms with E-state index in [0.717, 1.165) is 35.7 Å². The van der Waals surface area contributed by atoms with E-state index in [0.29, 0.717) is 17.3 Å². The lowest BCUT2D eigenvalue weighted by Gasteiger charge is -2.56. The first-order chi connectivity index (χ1) is 13.8. The number of fused-ring (bicyclic) bond motifs is 4. The zero-order valence-corrected chi connectivity index (χ0v) is 19.2. The molecule has 0 radical (unpaired) electrons. The zero-order valence-electron chi connectivity index (χ0n) is 19.2. The first-order valence-electron chi connectivity index (χ1n) is 12.3. The SMILES string of the molecule is C=C(CC#N)CCCC1CCC2C3=C(C(=C)CC12C)C1(C)CCCCC1CC3C. The third-order valence-electron chi connectivity index (χ3n) is 9.70. The van der Waals surface area contributed by atoms with Gasteiger partial charge in [0.15, 0.2) is 0 Å². The molecular formula is C28H41N. The third-order valence-corrected chi connectivity index (χ3v) is 9.70. The van der Waals surface area contributed by atoms with Gasteiger partial charge >= 0.3 is 0 Å². The minimum absolute atomic E-state index is 0.401. The highest BCUT2D eigenvalue weighted by Gasteiger charge is 2.56. The molecule has 4 aliphatic carbocycles. The number of hydrogen-bond acceptors (Lipinski definition) is 1. The van der Waals surface area contributed by atoms with Gasteiger partial charge < -0.3 is 0 Å². The lowest BCUT2D eigenvalue weighted by atomic mass is 9.48. The Morgan fingerprint density at radius 1 is 1.21 bits per heavy atom. The molecule has 0 spiro atoms. The third kappa shape index (κ3) is 3.36. The van der Waals surface area contributed by atoms with E-state index >= 15 is 0 Å². The molecule has 4 aliphatic rings. The summed E-state index contributed by atoms with van der Waals surface area (Å²) in [6.45, 7) is 16.5. The van der Waals surface area contributed by atoms with E-state index in [1.165, 1.54) is 69.8 Å². The molecule has 0 aromatic carbocycles. The molecule has 158 valence electrons. The van der Waals surface area contributed by atoms with Crippen LogP contribution in [-0.4, -0.2) is 0 Å². The standard InChI is InChI=1S/C28H41N/c1-19(14-16-29)9-8-11-22-12-13-24-25-20(2)17-23-10-6-7-15-27(23,4)26(25)21(3)18-28(22,24)5/h20,22-24H,1,3,6-15,17-18H2,2,4-5H3. The maximum absolute atomic E-state index is 8.88. The highest BCUT2D eigenvalue weighted by molar-refractivity contribution is 5.48. The number of hydrogen-bond donors (Lipinski definition) is 0. The van der Waals surface area contributed by atoms with Gasteiger partial charge in [0.2, 0.25) is 0 Å². The van der Waals surface area contributed by atoms with Gasteiger partial charge in [-0.15, -0.1) is 0 Å². The largest absolute Gasteiger partial charge is 0.198 e. The van der Waals surface area contributed by atoms with Crippen molar-refractivity contribution in [3.63, 3.8) is 0 Å². The minimum Gasteiger partial charge on any atom is -0.198 e. The van der Waals surface area contributed by atoms with Crippen molar-refractivity contribution in [2.45, 2.75) is 97.8 Å². The van der Waals surface area contributed by atoms with Gasteiger partial charge in [0, 0.05) is 0 Å². The Morgan fingerprint density at radius 3 is 2.76 bits per heavy atom. The fraction of sp³-hybridized carbons (Fsp3) is 0.750. The van der Waals surface area contributed by atoms with Gasteiger partial charge in [-0.1, -0.05) is 63.5 Å². The Morgan fingerprint density at radius 2 is 2.00 bits per heavy atom. The molecule has 29 heavy (non-hydrogen) atoms. The van der Waals surface area contributed by atoms with Crippen molar-refractivity contribution < 1.29 is 0 Å². The van der Waals surface area contributed by atoms with Crippen LogP contribution in [0.1, 0.15) is 97.8 Å². The van der Waals surface area contributed by atoms with Crippen LogP contribution >= 0.6 is 0 Å². The fourth-order valence-corrected chi connectivity index (χ4v) is 8.28. The predicted octanol–water partition coefficient (Wildman–Crippen LogP) is 8.15. The van der Waals surface area contributed by atoms with Crippen molar-refractivity contribution in [2.75, 3.05) is 0 Å². The molecule has 0 aromatic heterocycles. The van der Waals surface area contributed by atoms with Crippen LogP contribution in [0.3, 0.4) is 0 Å². The summed E-state index contributed by atoms with van der Waals surface area (Å²) >= 11 is 0. The monoisotopic (exact) mass is 391 g/mol. The van der Waals surface area contributed by atoms with Crippen molar-refractivity contribution in [3.05, 3.63) is 35.5 Å². The van der Waals surface area contributed by atoms with Crippen LogP contribution in [-0.2, 0) is 0 Å². The predicted molar refractivity (Wildman–Crippen MR) is 122 cm³/mol. The summed E-state index contributed by atoms with van der Waals surface area (Å²) < 4.78 is 0. The van der Waals surface area contributed by atoms with Crippen molar-refractivity contribution in [3.8, 4) is 6.07 Å². The number of nitrogens with zero attached hydrogens (tertiary/aromatic N) is 1. The van der Waals surface area contributed by atoms with Crippen molar-refractivity contribution in [1.82, 2.24) is 0 Å². The number of nitriles is 1. The molecule has 0 aliphatic heterocycles. The molecule has 2 saturated carbocycles. The Labute approximate surface area is 179 Å². The number of allylic oxidation sites excluding steroid dienone is 4. The highest BCUT2D eigenvalue weighted by Crippen LogP contribution is 2.67. The lowest BCUT2D eigenvalue weighted by Crippen LogP contribution is -2.46. The first kappa shape index (κ1) is 21.0. The molecule has 1 nitrogen and oxygen atoms in total. The highest BCUT2D eigenvalue weighted by atomic mass is 14.6. The normalized spacial score (nSPS) is 41.4. The van der Waals surface area contributed by atoms with Crippen LogP contribution in [0.2, 0.25) is 0 Å². The summed E-state index contributed by atoms with van der Waals surface area (Å²) in [6, 6.07) is 2.25. The molecule has 0 aromatic rings. The van der Waals surface area contributed by atoms with Gasteiger partial charge in [-0.3, -0.25) is 0 Å². The second-order valence-corrected chi connectivity index (χ2v) is 11.4. The molecule has 0 bridgehead atoms. The van der Waals surface area contributed by atoms with Crippen LogP contribution < -0.4 is 0 Å². The summed E-state index contributed by atoms with van der Waals surface area (Å²) in [7, 11) is 0. The fourth-order valence-electron chi connectivity index (χ4n) is 8.28. The van der Waals surface area contributed by atoms with Gasteiger partial charge in [-0.25, -0.2) is 0 Å². The van der Waals surface area contributed by atoms with E-state index in [4.69, 9.17) is 11.8 Å². The average Bonchev–Trinajstić information content (AvgIpc) is 2.98. The molecule has 6 atom stereocenters. The van der Waals surface area contributed by atoms with Gasteiger partial charge in [0.25, 0.3) is 0 Å². The molecule has 1 heteroatoms. The maximum Gasteiger partial charge on any atom is 0.0666 e. The van der Waals surface area contributed by atoms with E-state index in [1.54, 1.807) is 5.57 Å². The summed E-state index contributed by atoms with van der Waals surface area (Å²) in [6.07, 6.45) is 15.1. The van der Waals surface area contributed by atoms with Crippen LogP contribution in [0.25, 0.3) is 0 Å². The average molecular weight is 392 g/mol. The van der Waals surface area contributed by atoms with E-state index in [9.17, 15) is 0 Å². The molecule has 0 saturated heterocycles. The van der Waals surface area contributed by atoms with Crippen LogP contribution in [0, 0.1) is 45.8 Å². The van der Waals surface area contributed by atoms with Crippen LogP contribution in [0.5, 0.6) is 0 Å². The second kappa shape index (κ2) is 7.76. The van der Waals surface area contributed by atoms with E-state index < -0.39 is 0 Å². The Balaban J connectivity index is 1.58. The molecule has 2 fully saturated rings. The quantitative estimate of drug-likeness (QED) is 0.434. The summed E-state index contributed by atoms with van der Waals surface area (Å²) in [5.74, 6) is 3.22. The first-order valence-corrected chi connectivity index (χ1v) is 12.3. The van der Waals surface area contributed by atoms with E-state index in [-0.39, 0.29) is 0 Å². The molecule has 0 N–H and O–H groups in total. The second-order valence-electron chi connectivity index (χ2n) is 11.4. The summed E-state index contributed by atoms with van der Waals surface area (Å²) in [4.78, 5) is 0. The molecule has 4 rings (SSSR count). The Kier molecular flexibility index (Phi) is 5.61. The Hall–Kier alpha value is -1.29. The smallest absolute Gasteiger partial charge is 0.0666 e. The van der Waals surface area contributed by atoms with Crippen molar-refractivity contribution in [2.24, 2.45) is 34.5 Å². The topological polar surface area (TPSA) is 23.8 Å². The van der Waals surface area contributed by atoms with Crippen LogP contribution in [0.4, 0.5) is 0 Å². The lowest BCUT2D eigenvalue weighted by molar-refractivity contribution is 0.0831. The zero-order chi connectivity index (χ0) is 20.8.